The third-order valence-corrected chi connectivity index (χ3v) is 6.02. The Morgan fingerprint density at radius 1 is 0.967 bits per heavy atom. The number of ether oxygens (including phenoxy) is 1. The van der Waals surface area contributed by atoms with Crippen LogP contribution in [0.15, 0.2) is 66.7 Å². The summed E-state index contributed by atoms with van der Waals surface area (Å²) in [7, 11) is 1.70. The molecule has 1 atom stereocenters. The van der Waals surface area contributed by atoms with Crippen LogP contribution < -0.4 is 15.0 Å². The van der Waals surface area contributed by atoms with E-state index in [1.165, 1.54) is 16.3 Å². The summed E-state index contributed by atoms with van der Waals surface area (Å²) in [5.41, 5.74) is 2.38. The highest BCUT2D eigenvalue weighted by Gasteiger charge is 2.24. The zero-order chi connectivity index (χ0) is 20.9. The normalized spacial score (nSPS) is 15.3. The van der Waals surface area contributed by atoms with Crippen molar-refractivity contribution in [3.05, 3.63) is 72.3 Å². The number of amides is 1. The second-order valence-corrected chi connectivity index (χ2v) is 7.84. The average molecular weight is 405 g/mol. The number of fused-ring (bicyclic) bond motifs is 1. The molecule has 5 heteroatoms. The molecule has 1 saturated heterocycles. The predicted molar refractivity (Wildman–Crippen MR) is 121 cm³/mol. The topological polar surface area (TPSA) is 49.4 Å². The number of rotatable bonds is 6. The second-order valence-electron chi connectivity index (χ2n) is 7.84. The van der Waals surface area contributed by atoms with Gasteiger partial charge < -0.3 is 19.9 Å². The molecule has 0 saturated carbocycles. The van der Waals surface area contributed by atoms with Crippen molar-refractivity contribution in [2.75, 3.05) is 44.7 Å². The standard InChI is InChI=1S/C25H29N3O2/c1-19(21-11-7-9-20-8-3-4-10-22(20)21)26-18-25(29)28-16-14-27(15-17-28)23-12-5-6-13-24(23)30-2/h3-13,19,26H,14-18H2,1-2H3/p+1/t19-/m1/s1. The molecule has 30 heavy (non-hydrogen) atoms. The van der Waals surface area contributed by atoms with Gasteiger partial charge >= 0.3 is 0 Å². The van der Waals surface area contributed by atoms with Crippen molar-refractivity contribution in [3.63, 3.8) is 0 Å². The summed E-state index contributed by atoms with van der Waals surface area (Å²) in [6.07, 6.45) is 0. The van der Waals surface area contributed by atoms with Crippen molar-refractivity contribution in [2.24, 2.45) is 0 Å². The summed E-state index contributed by atoms with van der Waals surface area (Å²) in [6.45, 7) is 5.78. The SMILES string of the molecule is COc1ccccc1N1CCN(C(=O)C[NH2+][C@H](C)c2cccc3ccccc23)CC1. The third-order valence-electron chi connectivity index (χ3n) is 6.02. The van der Waals surface area contributed by atoms with Gasteiger partial charge in [0.15, 0.2) is 6.54 Å². The Kier molecular flexibility index (Phi) is 6.19. The van der Waals surface area contributed by atoms with Crippen molar-refractivity contribution in [3.8, 4) is 5.75 Å². The summed E-state index contributed by atoms with van der Waals surface area (Å²) in [5, 5.41) is 4.66. The molecule has 4 rings (SSSR count). The molecule has 0 bridgehead atoms. The molecular formula is C25H30N3O2+. The smallest absolute Gasteiger partial charge is 0.277 e. The number of quaternary nitrogens is 1. The lowest BCUT2D eigenvalue weighted by molar-refractivity contribution is -0.682. The first kappa shape index (κ1) is 20.2. The van der Waals surface area contributed by atoms with Crippen LogP contribution in [0.3, 0.4) is 0 Å². The summed E-state index contributed by atoms with van der Waals surface area (Å²) in [6, 6.07) is 23.1. The summed E-state index contributed by atoms with van der Waals surface area (Å²) in [4.78, 5) is 17.1. The van der Waals surface area contributed by atoms with Gasteiger partial charge in [-0.15, -0.1) is 0 Å². The highest BCUT2D eigenvalue weighted by Crippen LogP contribution is 2.28. The van der Waals surface area contributed by atoms with Crippen molar-refractivity contribution in [2.45, 2.75) is 13.0 Å². The van der Waals surface area contributed by atoms with Crippen molar-refractivity contribution >= 4 is 22.4 Å². The summed E-state index contributed by atoms with van der Waals surface area (Å²) in [5.74, 6) is 1.09. The number of nitrogens with zero attached hydrogens (tertiary/aromatic N) is 2. The lowest BCUT2D eigenvalue weighted by Crippen LogP contribution is -2.87. The van der Waals surface area contributed by atoms with Crippen LogP contribution in [0.5, 0.6) is 5.75 Å². The molecule has 1 aliphatic rings. The molecule has 1 aliphatic heterocycles. The molecule has 156 valence electrons. The maximum atomic E-state index is 12.8. The van der Waals surface area contributed by atoms with E-state index >= 15 is 0 Å². The molecule has 1 fully saturated rings. The van der Waals surface area contributed by atoms with Crippen LogP contribution in [-0.4, -0.2) is 50.6 Å². The molecular weight excluding hydrogens is 374 g/mol. The van der Waals surface area contributed by atoms with Gasteiger partial charge in [0.1, 0.15) is 11.8 Å². The fraction of sp³-hybridized carbons (Fsp3) is 0.320. The van der Waals surface area contributed by atoms with E-state index in [2.05, 4.69) is 65.7 Å². The van der Waals surface area contributed by atoms with Crippen LogP contribution >= 0.6 is 0 Å². The van der Waals surface area contributed by atoms with Gasteiger partial charge in [-0.1, -0.05) is 54.6 Å². The zero-order valence-corrected chi connectivity index (χ0v) is 17.8. The number of benzene rings is 3. The van der Waals surface area contributed by atoms with Crippen LogP contribution in [0.1, 0.15) is 18.5 Å². The first-order chi connectivity index (χ1) is 14.7. The first-order valence-electron chi connectivity index (χ1n) is 10.6. The molecule has 5 nitrogen and oxygen atoms in total. The average Bonchev–Trinajstić information content (AvgIpc) is 2.82. The molecule has 0 unspecified atom stereocenters. The monoisotopic (exact) mass is 404 g/mol. The molecule has 2 N–H and O–H groups in total. The highest BCUT2D eigenvalue weighted by atomic mass is 16.5. The van der Waals surface area contributed by atoms with Crippen LogP contribution in [-0.2, 0) is 4.79 Å². The van der Waals surface area contributed by atoms with Crippen molar-refractivity contribution < 1.29 is 14.8 Å². The van der Waals surface area contributed by atoms with Gasteiger partial charge in [-0.3, -0.25) is 4.79 Å². The number of hydrogen-bond donors (Lipinski definition) is 1. The zero-order valence-electron chi connectivity index (χ0n) is 17.8. The number of hydrogen-bond acceptors (Lipinski definition) is 3. The fourth-order valence-corrected chi connectivity index (χ4v) is 4.27. The Morgan fingerprint density at radius 2 is 1.67 bits per heavy atom. The number of piperazine rings is 1. The minimum atomic E-state index is 0.210. The van der Waals surface area contributed by atoms with Crippen LogP contribution in [0.4, 0.5) is 5.69 Å². The van der Waals surface area contributed by atoms with Crippen molar-refractivity contribution in [1.29, 1.82) is 0 Å². The lowest BCUT2D eigenvalue weighted by atomic mass is 10.00. The number of nitrogens with two attached hydrogens (primary N) is 1. The van der Waals surface area contributed by atoms with E-state index < -0.39 is 0 Å². The minimum Gasteiger partial charge on any atom is -0.495 e. The second kappa shape index (κ2) is 9.18. The van der Waals surface area contributed by atoms with Crippen LogP contribution in [0.2, 0.25) is 0 Å². The third kappa shape index (κ3) is 4.26. The molecule has 1 amide bonds. The molecule has 0 radical (unpaired) electrons. The summed E-state index contributed by atoms with van der Waals surface area (Å²) >= 11 is 0. The van der Waals surface area contributed by atoms with E-state index in [4.69, 9.17) is 4.74 Å². The van der Waals surface area contributed by atoms with Crippen LogP contribution in [0.25, 0.3) is 10.8 Å². The van der Waals surface area contributed by atoms with E-state index in [-0.39, 0.29) is 11.9 Å². The quantitative estimate of drug-likeness (QED) is 0.687. The van der Waals surface area contributed by atoms with E-state index in [0.29, 0.717) is 6.54 Å². The van der Waals surface area contributed by atoms with Gasteiger partial charge in [0.05, 0.1) is 12.8 Å². The number of carbonyl (C=O) groups is 1. The van der Waals surface area contributed by atoms with E-state index in [1.807, 2.05) is 23.1 Å². The maximum absolute atomic E-state index is 12.8. The van der Waals surface area contributed by atoms with Crippen molar-refractivity contribution in [1.82, 2.24) is 4.90 Å². The van der Waals surface area contributed by atoms with Gasteiger partial charge in [-0.25, -0.2) is 0 Å². The van der Waals surface area contributed by atoms with Gasteiger partial charge in [0.2, 0.25) is 0 Å². The Bertz CT molecular complexity index is 1010. The Hall–Kier alpha value is -3.05. The Labute approximate surface area is 178 Å². The molecule has 0 spiro atoms. The molecule has 1 heterocycles. The maximum Gasteiger partial charge on any atom is 0.277 e. The van der Waals surface area contributed by atoms with Gasteiger partial charge in [-0.2, -0.15) is 0 Å². The Morgan fingerprint density at radius 3 is 2.47 bits per heavy atom. The van der Waals surface area contributed by atoms with Gasteiger partial charge in [0, 0.05) is 31.7 Å². The molecule has 3 aromatic carbocycles. The van der Waals surface area contributed by atoms with E-state index in [1.54, 1.807) is 7.11 Å². The summed E-state index contributed by atoms with van der Waals surface area (Å²) < 4.78 is 5.48. The molecule has 0 aromatic heterocycles. The van der Waals surface area contributed by atoms with E-state index in [0.717, 1.165) is 37.6 Å². The van der Waals surface area contributed by atoms with Gasteiger partial charge in [-0.05, 0) is 29.8 Å². The number of anilines is 1. The Balaban J connectivity index is 1.33. The lowest BCUT2D eigenvalue weighted by Gasteiger charge is -2.36. The largest absolute Gasteiger partial charge is 0.495 e. The fourth-order valence-electron chi connectivity index (χ4n) is 4.27. The minimum absolute atomic E-state index is 0.210. The highest BCUT2D eigenvalue weighted by molar-refractivity contribution is 5.86. The number of carbonyl (C=O) groups excluding carboxylic acids is 1. The number of methoxy groups -OCH3 is 1. The van der Waals surface area contributed by atoms with E-state index in [9.17, 15) is 4.79 Å². The molecule has 0 aliphatic carbocycles. The van der Waals surface area contributed by atoms with Gasteiger partial charge in [0.25, 0.3) is 5.91 Å². The predicted octanol–water partition coefficient (Wildman–Crippen LogP) is 2.82. The first-order valence-corrected chi connectivity index (χ1v) is 10.6. The van der Waals surface area contributed by atoms with Crippen LogP contribution in [0, 0.1) is 0 Å². The number of para-hydroxylation sites is 2. The molecule has 3 aromatic rings.